The van der Waals surface area contributed by atoms with Gasteiger partial charge in [0.1, 0.15) is 12.4 Å². The fraction of sp³-hybridized carbons (Fsp3) is 0.304. The first-order valence-corrected chi connectivity index (χ1v) is 11.7. The van der Waals surface area contributed by atoms with Gasteiger partial charge in [0.15, 0.2) is 0 Å². The summed E-state index contributed by atoms with van der Waals surface area (Å²) in [5, 5.41) is 3.89. The Balaban J connectivity index is 1.32. The molecule has 0 saturated carbocycles. The molecule has 2 amide bonds. The van der Waals surface area contributed by atoms with Gasteiger partial charge in [-0.15, -0.1) is 22.7 Å². The summed E-state index contributed by atoms with van der Waals surface area (Å²) in [6, 6.07) is 11.8. The predicted octanol–water partition coefficient (Wildman–Crippen LogP) is 4.60. The van der Waals surface area contributed by atoms with Crippen molar-refractivity contribution in [1.82, 2.24) is 9.80 Å². The smallest absolute Gasteiger partial charge is 0.264 e. The zero-order valence-corrected chi connectivity index (χ0v) is 18.7. The van der Waals surface area contributed by atoms with Crippen LogP contribution in [0.5, 0.6) is 5.75 Å². The van der Waals surface area contributed by atoms with Crippen LogP contribution >= 0.6 is 22.7 Å². The van der Waals surface area contributed by atoms with E-state index in [1.165, 1.54) is 22.7 Å². The van der Waals surface area contributed by atoms with Crippen LogP contribution in [0, 0.1) is 13.8 Å². The Hall–Kier alpha value is -2.64. The van der Waals surface area contributed by atoms with Gasteiger partial charge in [0, 0.05) is 31.7 Å². The van der Waals surface area contributed by atoms with Crippen molar-refractivity contribution in [3.8, 4) is 5.75 Å². The average molecular weight is 441 g/mol. The molecule has 7 heteroatoms. The zero-order valence-electron chi connectivity index (χ0n) is 17.1. The summed E-state index contributed by atoms with van der Waals surface area (Å²) in [6.07, 6.45) is 0. The fourth-order valence-corrected chi connectivity index (χ4v) is 4.97. The third kappa shape index (κ3) is 4.57. The molecule has 0 bridgehead atoms. The summed E-state index contributed by atoms with van der Waals surface area (Å²) in [5.74, 6) is 0.959. The highest BCUT2D eigenvalue weighted by molar-refractivity contribution is 7.12. The quantitative estimate of drug-likeness (QED) is 0.582. The normalized spacial score (nSPS) is 14.1. The second-order valence-electron chi connectivity index (χ2n) is 7.44. The van der Waals surface area contributed by atoms with Crippen molar-refractivity contribution in [3.05, 3.63) is 73.6 Å². The minimum Gasteiger partial charge on any atom is -0.489 e. The molecular weight excluding hydrogens is 416 g/mol. The van der Waals surface area contributed by atoms with E-state index in [0.29, 0.717) is 37.7 Å². The van der Waals surface area contributed by atoms with Crippen LogP contribution in [-0.2, 0) is 6.61 Å². The van der Waals surface area contributed by atoms with Crippen LogP contribution in [0.4, 0.5) is 0 Å². The van der Waals surface area contributed by atoms with Crippen LogP contribution < -0.4 is 4.74 Å². The van der Waals surface area contributed by atoms with Crippen LogP contribution in [0.2, 0.25) is 0 Å². The van der Waals surface area contributed by atoms with E-state index >= 15 is 0 Å². The topological polar surface area (TPSA) is 49.9 Å². The second kappa shape index (κ2) is 9.02. The first-order chi connectivity index (χ1) is 14.5. The van der Waals surface area contributed by atoms with Crippen molar-refractivity contribution in [2.24, 2.45) is 0 Å². The SMILES string of the molecule is Cc1ccc(C)c(OCc2csc(C(=O)N3CCN(C(=O)c4cccs4)CC3)c2)c1. The van der Waals surface area contributed by atoms with Crippen LogP contribution in [0.3, 0.4) is 0 Å². The van der Waals surface area contributed by atoms with Gasteiger partial charge in [-0.1, -0.05) is 18.2 Å². The molecule has 1 saturated heterocycles. The van der Waals surface area contributed by atoms with E-state index in [-0.39, 0.29) is 11.8 Å². The van der Waals surface area contributed by atoms with Gasteiger partial charge in [-0.3, -0.25) is 9.59 Å². The molecular formula is C23H24N2O3S2. The second-order valence-corrected chi connectivity index (χ2v) is 9.30. The van der Waals surface area contributed by atoms with E-state index in [4.69, 9.17) is 4.74 Å². The van der Waals surface area contributed by atoms with Gasteiger partial charge in [0.05, 0.1) is 9.75 Å². The number of hydrogen-bond acceptors (Lipinski definition) is 5. The number of piperazine rings is 1. The molecule has 0 aliphatic carbocycles. The zero-order chi connectivity index (χ0) is 21.1. The van der Waals surface area contributed by atoms with Crippen LogP contribution in [0.25, 0.3) is 0 Å². The van der Waals surface area contributed by atoms with Gasteiger partial charge in [0.2, 0.25) is 0 Å². The molecule has 3 heterocycles. The highest BCUT2D eigenvalue weighted by atomic mass is 32.1. The summed E-state index contributed by atoms with van der Waals surface area (Å²) in [5.41, 5.74) is 3.26. The molecule has 3 aromatic rings. The van der Waals surface area contributed by atoms with Crippen LogP contribution in [0.1, 0.15) is 36.0 Å². The van der Waals surface area contributed by atoms with Gasteiger partial charge in [0.25, 0.3) is 11.8 Å². The Labute approximate surface area is 184 Å². The van der Waals surface area contributed by atoms with Gasteiger partial charge in [-0.25, -0.2) is 0 Å². The predicted molar refractivity (Wildman–Crippen MR) is 121 cm³/mol. The molecule has 5 nitrogen and oxygen atoms in total. The number of carbonyl (C=O) groups excluding carboxylic acids is 2. The molecule has 1 aliphatic rings. The van der Waals surface area contributed by atoms with Crippen molar-refractivity contribution >= 4 is 34.5 Å². The molecule has 156 valence electrons. The third-order valence-corrected chi connectivity index (χ3v) is 7.01. The lowest BCUT2D eigenvalue weighted by Gasteiger charge is -2.34. The Morgan fingerprint density at radius 2 is 1.63 bits per heavy atom. The Morgan fingerprint density at radius 1 is 0.933 bits per heavy atom. The fourth-order valence-electron chi connectivity index (χ4n) is 3.41. The highest BCUT2D eigenvalue weighted by Gasteiger charge is 2.26. The monoisotopic (exact) mass is 440 g/mol. The van der Waals surface area contributed by atoms with Gasteiger partial charge >= 0.3 is 0 Å². The number of aryl methyl sites for hydroxylation is 2. The molecule has 0 N–H and O–H groups in total. The van der Waals surface area contributed by atoms with Crippen molar-refractivity contribution in [3.63, 3.8) is 0 Å². The number of carbonyl (C=O) groups is 2. The largest absolute Gasteiger partial charge is 0.489 e. The molecule has 0 unspecified atom stereocenters. The average Bonchev–Trinajstić information content (AvgIpc) is 3.46. The van der Waals surface area contributed by atoms with E-state index in [0.717, 1.165) is 27.3 Å². The lowest BCUT2D eigenvalue weighted by Crippen LogP contribution is -2.50. The summed E-state index contributed by atoms with van der Waals surface area (Å²) in [4.78, 5) is 30.5. The first kappa shape index (κ1) is 20.6. The minimum absolute atomic E-state index is 0.0289. The van der Waals surface area contributed by atoms with E-state index in [2.05, 4.69) is 12.1 Å². The summed E-state index contributed by atoms with van der Waals surface area (Å²) in [7, 11) is 0. The Morgan fingerprint density at radius 3 is 2.30 bits per heavy atom. The van der Waals surface area contributed by atoms with E-state index < -0.39 is 0 Å². The molecule has 4 rings (SSSR count). The lowest BCUT2D eigenvalue weighted by molar-refractivity contribution is 0.0540. The van der Waals surface area contributed by atoms with Crippen molar-refractivity contribution in [2.75, 3.05) is 26.2 Å². The number of rotatable bonds is 5. The Bertz CT molecular complexity index is 1030. The number of amides is 2. The molecule has 0 radical (unpaired) electrons. The molecule has 2 aromatic heterocycles. The third-order valence-electron chi connectivity index (χ3n) is 5.19. The van der Waals surface area contributed by atoms with Gasteiger partial charge in [-0.2, -0.15) is 0 Å². The number of ether oxygens (including phenoxy) is 1. The summed E-state index contributed by atoms with van der Waals surface area (Å²) < 4.78 is 5.96. The highest BCUT2D eigenvalue weighted by Crippen LogP contribution is 2.23. The number of nitrogens with zero attached hydrogens (tertiary/aromatic N) is 2. The van der Waals surface area contributed by atoms with E-state index in [1.807, 2.05) is 58.7 Å². The standard InChI is InChI=1S/C23H24N2O3S2/c1-16-5-6-17(2)19(12-16)28-14-18-13-21(30-15-18)23(27)25-9-7-24(8-10-25)22(26)20-4-3-11-29-20/h3-6,11-13,15H,7-10,14H2,1-2H3. The molecule has 0 spiro atoms. The number of hydrogen-bond donors (Lipinski definition) is 0. The van der Waals surface area contributed by atoms with E-state index in [9.17, 15) is 9.59 Å². The molecule has 1 fully saturated rings. The summed E-state index contributed by atoms with van der Waals surface area (Å²) in [6.45, 7) is 6.76. The maximum Gasteiger partial charge on any atom is 0.264 e. The van der Waals surface area contributed by atoms with Crippen molar-refractivity contribution in [2.45, 2.75) is 20.5 Å². The Kier molecular flexibility index (Phi) is 6.20. The minimum atomic E-state index is 0.0289. The lowest BCUT2D eigenvalue weighted by atomic mass is 10.1. The summed E-state index contributed by atoms with van der Waals surface area (Å²) >= 11 is 2.90. The molecule has 1 aromatic carbocycles. The van der Waals surface area contributed by atoms with Gasteiger partial charge < -0.3 is 14.5 Å². The van der Waals surface area contributed by atoms with E-state index in [1.54, 1.807) is 0 Å². The van der Waals surface area contributed by atoms with Crippen LogP contribution in [0.15, 0.2) is 47.2 Å². The van der Waals surface area contributed by atoms with Crippen molar-refractivity contribution < 1.29 is 14.3 Å². The maximum atomic E-state index is 12.9. The number of benzene rings is 1. The van der Waals surface area contributed by atoms with Gasteiger partial charge in [-0.05, 0) is 53.9 Å². The van der Waals surface area contributed by atoms with Crippen molar-refractivity contribution in [1.29, 1.82) is 0 Å². The number of thiophene rings is 2. The maximum absolute atomic E-state index is 12.9. The molecule has 0 atom stereocenters. The first-order valence-electron chi connectivity index (χ1n) is 9.91. The van der Waals surface area contributed by atoms with Crippen LogP contribution in [-0.4, -0.2) is 47.8 Å². The molecule has 30 heavy (non-hydrogen) atoms. The molecule has 1 aliphatic heterocycles.